The molecule has 0 spiro atoms. The molecule has 0 aromatic carbocycles. The molecule has 0 bridgehead atoms. The molecule has 0 aromatic rings. The Morgan fingerprint density at radius 2 is 0.870 bits per heavy atom. The van der Waals surface area contributed by atoms with Crippen LogP contribution in [0.3, 0.4) is 0 Å². The second-order valence-corrected chi connectivity index (χ2v) is 15.6. The maximum Gasteiger partial charge on any atom is 0.249 e. The fourth-order valence-corrected chi connectivity index (χ4v) is 6.72. The number of aliphatic hydroxyl groups excluding tert-OH is 3. The summed E-state index contributed by atoms with van der Waals surface area (Å²) in [6, 6.07) is -0.821. The molecule has 0 aromatic heterocycles. The summed E-state index contributed by atoms with van der Waals surface area (Å²) in [4.78, 5) is 12.4. The Morgan fingerprint density at radius 3 is 1.31 bits per heavy atom. The summed E-state index contributed by atoms with van der Waals surface area (Å²) in [5.74, 6) is -0.521. The Balaban J connectivity index is 3.57. The number of rotatable bonds is 41. The van der Waals surface area contributed by atoms with Crippen molar-refractivity contribution in [2.45, 2.75) is 238 Å². The predicted molar refractivity (Wildman–Crippen MR) is 236 cm³/mol. The second kappa shape index (κ2) is 43.8. The quantitative estimate of drug-likeness (QED) is 0.0369. The van der Waals surface area contributed by atoms with Gasteiger partial charge in [-0.05, 0) is 70.6 Å². The van der Waals surface area contributed by atoms with Gasteiger partial charge in [-0.25, -0.2) is 0 Å². The lowest BCUT2D eigenvalue weighted by Crippen LogP contribution is -2.48. The highest BCUT2D eigenvalue weighted by atomic mass is 16.3. The Labute approximate surface area is 335 Å². The van der Waals surface area contributed by atoms with Gasteiger partial charge in [0.2, 0.25) is 5.91 Å². The summed E-state index contributed by atoms with van der Waals surface area (Å²) in [5, 5.41) is 33.0. The van der Waals surface area contributed by atoms with E-state index in [-0.39, 0.29) is 6.61 Å². The number of allylic oxidation sites excluding steroid dienone is 9. The van der Waals surface area contributed by atoms with E-state index in [0.717, 1.165) is 57.8 Å². The molecule has 0 aliphatic carbocycles. The number of unbranched alkanes of at least 4 members (excludes halogenated alkanes) is 25. The highest BCUT2D eigenvalue weighted by Gasteiger charge is 2.22. The van der Waals surface area contributed by atoms with Gasteiger partial charge < -0.3 is 20.6 Å². The Hall–Kier alpha value is -1.95. The summed E-state index contributed by atoms with van der Waals surface area (Å²) in [5.41, 5.74) is 0. The van der Waals surface area contributed by atoms with Gasteiger partial charge in [0.1, 0.15) is 6.10 Å². The van der Waals surface area contributed by atoms with Crippen LogP contribution in [0.4, 0.5) is 0 Å². The van der Waals surface area contributed by atoms with Crippen molar-refractivity contribution in [3.05, 3.63) is 60.8 Å². The number of nitrogens with one attached hydrogen (secondary N) is 1. The van der Waals surface area contributed by atoms with Crippen LogP contribution in [0.15, 0.2) is 60.8 Å². The summed E-state index contributed by atoms with van der Waals surface area (Å²) in [7, 11) is 0. The number of carbonyl (C=O) groups excluding carboxylic acids is 1. The molecule has 0 saturated carbocycles. The molecular formula is C49H89NO4. The van der Waals surface area contributed by atoms with Gasteiger partial charge in [0, 0.05) is 0 Å². The molecule has 0 aliphatic rings. The van der Waals surface area contributed by atoms with Gasteiger partial charge in [0.05, 0.1) is 18.8 Å². The van der Waals surface area contributed by atoms with Crippen molar-refractivity contribution in [2.24, 2.45) is 0 Å². The Bertz CT molecular complexity index is 923. The monoisotopic (exact) mass is 756 g/mol. The average molecular weight is 756 g/mol. The molecule has 3 unspecified atom stereocenters. The van der Waals surface area contributed by atoms with E-state index in [4.69, 9.17) is 0 Å². The third-order valence-electron chi connectivity index (χ3n) is 10.3. The third-order valence-corrected chi connectivity index (χ3v) is 10.3. The van der Waals surface area contributed by atoms with E-state index >= 15 is 0 Å². The molecule has 0 saturated heterocycles. The van der Waals surface area contributed by atoms with Crippen LogP contribution in [0, 0.1) is 0 Å². The number of amides is 1. The third kappa shape index (κ3) is 38.3. The first-order valence-corrected chi connectivity index (χ1v) is 23.1. The molecule has 0 fully saturated rings. The van der Waals surface area contributed by atoms with E-state index < -0.39 is 24.2 Å². The van der Waals surface area contributed by atoms with Crippen LogP contribution >= 0.6 is 0 Å². The van der Waals surface area contributed by atoms with Gasteiger partial charge in [0.25, 0.3) is 0 Å². The van der Waals surface area contributed by atoms with Crippen molar-refractivity contribution in [1.82, 2.24) is 5.32 Å². The van der Waals surface area contributed by atoms with E-state index in [1.807, 2.05) is 6.08 Å². The van der Waals surface area contributed by atoms with E-state index in [9.17, 15) is 20.1 Å². The molecule has 1 amide bonds. The van der Waals surface area contributed by atoms with Crippen LogP contribution < -0.4 is 5.32 Å². The summed E-state index contributed by atoms with van der Waals surface area (Å²) in [6.45, 7) is 4.03. The number of hydrogen-bond donors (Lipinski definition) is 4. The normalized spacial score (nSPS) is 14.1. The topological polar surface area (TPSA) is 89.8 Å². The van der Waals surface area contributed by atoms with Crippen LogP contribution in [0.25, 0.3) is 0 Å². The molecule has 3 atom stereocenters. The minimum atomic E-state index is -1.11. The number of carbonyl (C=O) groups is 1. The van der Waals surface area contributed by atoms with Crippen molar-refractivity contribution < 1.29 is 20.1 Å². The average Bonchev–Trinajstić information content (AvgIpc) is 3.18. The van der Waals surface area contributed by atoms with E-state index in [1.54, 1.807) is 6.08 Å². The molecular weight excluding hydrogens is 667 g/mol. The zero-order valence-corrected chi connectivity index (χ0v) is 35.6. The van der Waals surface area contributed by atoms with Gasteiger partial charge in [0.15, 0.2) is 0 Å². The van der Waals surface area contributed by atoms with Crippen molar-refractivity contribution in [3.63, 3.8) is 0 Å². The Kier molecular flexibility index (Phi) is 42.2. The molecule has 5 nitrogen and oxygen atoms in total. The first-order valence-electron chi connectivity index (χ1n) is 23.1. The Morgan fingerprint density at radius 1 is 0.481 bits per heavy atom. The lowest BCUT2D eigenvalue weighted by molar-refractivity contribution is -0.131. The molecule has 54 heavy (non-hydrogen) atoms. The SMILES string of the molecule is CC/C=C/CC/C=C/CC/C=C/C(O)C(CO)NC(=O)C(O)CCCCCCCCCCCCCCCC/C=C\C/C=C\CCCCCCCCCCC. The maximum absolute atomic E-state index is 12.4. The van der Waals surface area contributed by atoms with Crippen molar-refractivity contribution >= 4 is 5.91 Å². The van der Waals surface area contributed by atoms with Crippen molar-refractivity contribution in [1.29, 1.82) is 0 Å². The molecule has 0 rings (SSSR count). The molecule has 0 heterocycles. The molecule has 5 heteroatoms. The maximum atomic E-state index is 12.4. The molecule has 4 N–H and O–H groups in total. The van der Waals surface area contributed by atoms with Crippen LogP contribution in [-0.2, 0) is 4.79 Å². The summed E-state index contributed by atoms with van der Waals surface area (Å²) < 4.78 is 0. The highest BCUT2D eigenvalue weighted by molar-refractivity contribution is 5.80. The first kappa shape index (κ1) is 52.0. The molecule has 0 aliphatic heterocycles. The zero-order valence-electron chi connectivity index (χ0n) is 35.6. The zero-order chi connectivity index (χ0) is 39.4. The van der Waals surface area contributed by atoms with E-state index in [0.29, 0.717) is 6.42 Å². The van der Waals surface area contributed by atoms with Gasteiger partial charge >= 0.3 is 0 Å². The number of hydrogen-bond acceptors (Lipinski definition) is 4. The smallest absolute Gasteiger partial charge is 0.249 e. The fourth-order valence-electron chi connectivity index (χ4n) is 6.72. The predicted octanol–water partition coefficient (Wildman–Crippen LogP) is 13.5. The summed E-state index contributed by atoms with van der Waals surface area (Å²) in [6.07, 6.45) is 58.6. The number of aliphatic hydroxyl groups is 3. The minimum Gasteiger partial charge on any atom is -0.394 e. The van der Waals surface area contributed by atoms with Crippen molar-refractivity contribution in [3.8, 4) is 0 Å². The van der Waals surface area contributed by atoms with Gasteiger partial charge in [-0.15, -0.1) is 0 Å². The molecule has 0 radical (unpaired) electrons. The fraction of sp³-hybridized carbons (Fsp3) is 0.776. The minimum absolute atomic E-state index is 0.384. The first-order chi connectivity index (χ1) is 26.6. The van der Waals surface area contributed by atoms with Gasteiger partial charge in [-0.2, -0.15) is 0 Å². The largest absolute Gasteiger partial charge is 0.394 e. The molecule has 314 valence electrons. The van der Waals surface area contributed by atoms with Crippen LogP contribution in [0.1, 0.15) is 219 Å². The van der Waals surface area contributed by atoms with Crippen LogP contribution in [0.5, 0.6) is 0 Å². The van der Waals surface area contributed by atoms with Crippen LogP contribution in [0.2, 0.25) is 0 Å². The van der Waals surface area contributed by atoms with Gasteiger partial charge in [-0.3, -0.25) is 4.79 Å². The lowest BCUT2D eigenvalue weighted by Gasteiger charge is -2.21. The van der Waals surface area contributed by atoms with Crippen LogP contribution in [-0.4, -0.2) is 46.1 Å². The van der Waals surface area contributed by atoms with Gasteiger partial charge in [-0.1, -0.05) is 209 Å². The standard InChI is InChI=1S/C49H89NO4/c1-3-5-7-9-11-13-15-16-17-18-19-20-21-22-23-24-25-26-27-28-29-30-31-32-33-34-36-38-40-42-44-48(53)49(54)50-46(45-51)47(52)43-41-39-37-35-14-12-10-8-6-4-2/h6,8,14,19-20,22-23,35,41,43,46-48,51-53H,3-5,7,9-13,15-18,21,24-34,36-40,42,44-45H2,1-2H3,(H,50,54)/b8-6+,20-19-,23-22-,35-14+,43-41+. The highest BCUT2D eigenvalue weighted by Crippen LogP contribution is 2.15. The van der Waals surface area contributed by atoms with E-state index in [2.05, 4.69) is 67.8 Å². The lowest BCUT2D eigenvalue weighted by atomic mass is 10.0. The summed E-state index contributed by atoms with van der Waals surface area (Å²) >= 11 is 0. The van der Waals surface area contributed by atoms with Crippen molar-refractivity contribution in [2.75, 3.05) is 6.61 Å². The van der Waals surface area contributed by atoms with E-state index in [1.165, 1.54) is 141 Å². The second-order valence-electron chi connectivity index (χ2n) is 15.6.